The molecule has 166 valence electrons. The van der Waals surface area contributed by atoms with Gasteiger partial charge in [0.25, 0.3) is 12.3 Å². The van der Waals surface area contributed by atoms with Gasteiger partial charge in [-0.25, -0.2) is 13.5 Å². The maximum absolute atomic E-state index is 13.7. The maximum atomic E-state index is 13.7. The molecule has 1 aromatic carbocycles. The van der Waals surface area contributed by atoms with E-state index in [1.165, 1.54) is 4.68 Å². The third-order valence-corrected chi connectivity index (χ3v) is 5.87. The molecule has 3 N–H and O–H groups in total. The lowest BCUT2D eigenvalue weighted by Gasteiger charge is -2.29. The number of primary amides is 1. The predicted molar refractivity (Wildman–Crippen MR) is 111 cm³/mol. The Morgan fingerprint density at radius 1 is 1.29 bits per heavy atom. The Kier molecular flexibility index (Phi) is 5.55. The Balaban J connectivity index is 1.81. The van der Waals surface area contributed by atoms with Gasteiger partial charge in [-0.1, -0.05) is 13.8 Å². The summed E-state index contributed by atoms with van der Waals surface area (Å²) in [6.07, 6.45) is -0.670. The van der Waals surface area contributed by atoms with Gasteiger partial charge in [0.05, 0.1) is 22.5 Å². The van der Waals surface area contributed by atoms with Crippen LogP contribution in [0.2, 0.25) is 0 Å². The molecule has 1 aromatic heterocycles. The van der Waals surface area contributed by atoms with Crippen LogP contribution in [0.25, 0.3) is 5.69 Å². The minimum Gasteiger partial charge on any atom is -0.381 e. The standard InChI is InChI=1S/C22H26F2N4O3/c1-22(2)10-16-18(17(29)11-22)19(20(23)24)27-28(16)13-3-4-14(21(25)30)15(9-13)26-12-5-7-31-8-6-12/h3-4,9,12,20,26H,5-8,10-11H2,1-2H3,(H2,25,30). The first-order chi connectivity index (χ1) is 14.7. The number of nitrogens with zero attached hydrogens (tertiary/aromatic N) is 2. The van der Waals surface area contributed by atoms with Crippen LogP contribution < -0.4 is 11.1 Å². The lowest BCUT2D eigenvalue weighted by molar-refractivity contribution is 0.0895. The fraction of sp³-hybridized carbons (Fsp3) is 0.500. The number of ketones is 1. The van der Waals surface area contributed by atoms with E-state index >= 15 is 0 Å². The van der Waals surface area contributed by atoms with E-state index in [0.29, 0.717) is 42.3 Å². The molecular formula is C22H26F2N4O3. The zero-order chi connectivity index (χ0) is 22.3. The van der Waals surface area contributed by atoms with Crippen molar-refractivity contribution in [1.82, 2.24) is 9.78 Å². The number of alkyl halides is 2. The fourth-order valence-corrected chi connectivity index (χ4v) is 4.40. The lowest BCUT2D eigenvalue weighted by atomic mass is 9.75. The molecule has 0 unspecified atom stereocenters. The van der Waals surface area contributed by atoms with Crippen LogP contribution in [0, 0.1) is 5.41 Å². The van der Waals surface area contributed by atoms with Gasteiger partial charge in [0.15, 0.2) is 5.78 Å². The molecule has 1 aliphatic carbocycles. The number of carbonyl (C=O) groups excluding carboxylic acids is 2. The van der Waals surface area contributed by atoms with Crippen molar-refractivity contribution in [2.24, 2.45) is 11.1 Å². The van der Waals surface area contributed by atoms with E-state index in [1.807, 2.05) is 13.8 Å². The first kappa shape index (κ1) is 21.4. The Hall–Kier alpha value is -2.81. The van der Waals surface area contributed by atoms with Crippen molar-refractivity contribution < 1.29 is 23.1 Å². The van der Waals surface area contributed by atoms with Crippen LogP contribution in [0.15, 0.2) is 18.2 Å². The summed E-state index contributed by atoms with van der Waals surface area (Å²) in [5, 5.41) is 7.46. The smallest absolute Gasteiger partial charge is 0.282 e. The van der Waals surface area contributed by atoms with E-state index in [4.69, 9.17) is 10.5 Å². The van der Waals surface area contributed by atoms with Crippen LogP contribution in [-0.4, -0.2) is 40.7 Å². The molecule has 1 amide bonds. The van der Waals surface area contributed by atoms with Crippen molar-refractivity contribution in [2.75, 3.05) is 18.5 Å². The second kappa shape index (κ2) is 8.03. The number of rotatable bonds is 5. The topological polar surface area (TPSA) is 99.2 Å². The molecule has 31 heavy (non-hydrogen) atoms. The first-order valence-corrected chi connectivity index (χ1v) is 10.4. The van der Waals surface area contributed by atoms with Crippen molar-refractivity contribution in [3.63, 3.8) is 0 Å². The minimum absolute atomic E-state index is 0.0206. The Labute approximate surface area is 178 Å². The van der Waals surface area contributed by atoms with Gasteiger partial charge in [0.2, 0.25) is 0 Å². The van der Waals surface area contributed by atoms with Gasteiger partial charge >= 0.3 is 0 Å². The highest BCUT2D eigenvalue weighted by atomic mass is 19.3. The SMILES string of the molecule is CC1(C)CC(=O)c2c(C(F)F)nn(-c3ccc(C(N)=O)c(NC4CCOCC4)c3)c2C1. The minimum atomic E-state index is -2.86. The zero-order valence-electron chi connectivity index (χ0n) is 17.6. The van der Waals surface area contributed by atoms with E-state index in [1.54, 1.807) is 18.2 Å². The molecule has 2 aromatic rings. The quantitative estimate of drug-likeness (QED) is 0.751. The Morgan fingerprint density at radius 2 is 2.00 bits per heavy atom. The third-order valence-electron chi connectivity index (χ3n) is 5.87. The number of hydrogen-bond donors (Lipinski definition) is 2. The second-order valence-electron chi connectivity index (χ2n) is 8.99. The van der Waals surface area contributed by atoms with Gasteiger partial charge in [-0.15, -0.1) is 0 Å². The predicted octanol–water partition coefficient (Wildman–Crippen LogP) is 3.65. The molecule has 7 nitrogen and oxygen atoms in total. The molecule has 1 fully saturated rings. The summed E-state index contributed by atoms with van der Waals surface area (Å²) in [5.74, 6) is -0.907. The second-order valence-corrected chi connectivity index (χ2v) is 8.99. The summed E-state index contributed by atoms with van der Waals surface area (Å²) < 4.78 is 34.2. The molecule has 0 spiro atoms. The Morgan fingerprint density at radius 3 is 2.65 bits per heavy atom. The molecule has 9 heteroatoms. The monoisotopic (exact) mass is 432 g/mol. The van der Waals surface area contributed by atoms with E-state index < -0.39 is 18.0 Å². The van der Waals surface area contributed by atoms with Crippen molar-refractivity contribution in [2.45, 2.75) is 52.0 Å². The van der Waals surface area contributed by atoms with Crippen LogP contribution in [-0.2, 0) is 11.2 Å². The summed E-state index contributed by atoms with van der Waals surface area (Å²) >= 11 is 0. The highest BCUT2D eigenvalue weighted by Gasteiger charge is 2.38. The summed E-state index contributed by atoms with van der Waals surface area (Å²) in [6, 6.07) is 4.96. The van der Waals surface area contributed by atoms with Crippen LogP contribution >= 0.6 is 0 Å². The highest BCUT2D eigenvalue weighted by Crippen LogP contribution is 2.39. The number of halogens is 2. The number of ether oxygens (including phenoxy) is 1. The number of aromatic nitrogens is 2. The Bertz CT molecular complexity index is 1030. The zero-order valence-corrected chi connectivity index (χ0v) is 17.6. The number of hydrogen-bond acceptors (Lipinski definition) is 5. The number of nitrogens with one attached hydrogen (secondary N) is 1. The van der Waals surface area contributed by atoms with Gasteiger partial charge < -0.3 is 15.8 Å². The number of anilines is 1. The van der Waals surface area contributed by atoms with Gasteiger partial charge in [0.1, 0.15) is 5.69 Å². The van der Waals surface area contributed by atoms with Gasteiger partial charge in [-0.05, 0) is 42.9 Å². The average molecular weight is 432 g/mol. The molecule has 1 aliphatic heterocycles. The van der Waals surface area contributed by atoms with Crippen molar-refractivity contribution in [3.05, 3.63) is 40.7 Å². The molecule has 1 saturated heterocycles. The molecule has 0 atom stereocenters. The van der Waals surface area contributed by atoms with Gasteiger partial charge in [-0.2, -0.15) is 5.10 Å². The summed E-state index contributed by atoms with van der Waals surface area (Å²) in [4.78, 5) is 24.6. The highest BCUT2D eigenvalue weighted by molar-refractivity contribution is 6.00. The number of benzene rings is 1. The van der Waals surface area contributed by atoms with Crippen molar-refractivity contribution in [1.29, 1.82) is 0 Å². The van der Waals surface area contributed by atoms with Crippen molar-refractivity contribution in [3.8, 4) is 5.69 Å². The van der Waals surface area contributed by atoms with Gasteiger partial charge in [0, 0.05) is 31.4 Å². The number of nitrogens with two attached hydrogens (primary N) is 1. The summed E-state index contributed by atoms with van der Waals surface area (Å²) in [5.41, 5.74) is 6.50. The maximum Gasteiger partial charge on any atom is 0.282 e. The number of amides is 1. The molecule has 0 bridgehead atoms. The molecular weight excluding hydrogens is 406 g/mol. The van der Waals surface area contributed by atoms with E-state index in [2.05, 4.69) is 10.4 Å². The number of Topliss-reactive ketones (excluding diaryl/α,β-unsaturated/α-hetero) is 1. The van der Waals surface area contributed by atoms with Crippen LogP contribution in [0.3, 0.4) is 0 Å². The number of carbonyl (C=O) groups is 2. The van der Waals surface area contributed by atoms with Crippen LogP contribution in [0.5, 0.6) is 0 Å². The molecule has 0 saturated carbocycles. The first-order valence-electron chi connectivity index (χ1n) is 10.4. The summed E-state index contributed by atoms with van der Waals surface area (Å²) in [6.45, 7) is 5.10. The van der Waals surface area contributed by atoms with E-state index in [-0.39, 0.29) is 29.2 Å². The van der Waals surface area contributed by atoms with Crippen LogP contribution in [0.1, 0.15) is 71.6 Å². The molecule has 0 radical (unpaired) electrons. The fourth-order valence-electron chi connectivity index (χ4n) is 4.40. The average Bonchev–Trinajstić information content (AvgIpc) is 3.07. The largest absolute Gasteiger partial charge is 0.381 e. The molecule has 2 aliphatic rings. The molecule has 4 rings (SSSR count). The molecule has 2 heterocycles. The normalized spacial score (nSPS) is 18.8. The van der Waals surface area contributed by atoms with Crippen molar-refractivity contribution >= 4 is 17.4 Å². The van der Waals surface area contributed by atoms with Gasteiger partial charge in [-0.3, -0.25) is 9.59 Å². The van der Waals surface area contributed by atoms with E-state index in [0.717, 1.165) is 12.8 Å². The summed E-state index contributed by atoms with van der Waals surface area (Å²) in [7, 11) is 0. The lowest BCUT2D eigenvalue weighted by Crippen LogP contribution is -2.29. The third kappa shape index (κ3) is 4.19. The number of fused-ring (bicyclic) bond motifs is 1. The van der Waals surface area contributed by atoms with Crippen LogP contribution in [0.4, 0.5) is 14.5 Å². The van der Waals surface area contributed by atoms with E-state index in [9.17, 15) is 18.4 Å².